The van der Waals surface area contributed by atoms with Crippen LogP contribution in [0.4, 0.5) is 0 Å². The molecule has 146 valence electrons. The molecule has 0 radical (unpaired) electrons. The summed E-state index contributed by atoms with van der Waals surface area (Å²) in [5, 5.41) is 8.34. The number of carbonyl (C=O) groups excluding carboxylic acids is 1. The van der Waals surface area contributed by atoms with E-state index >= 15 is 0 Å². The smallest absolute Gasteiger partial charge is 0.270 e. The summed E-state index contributed by atoms with van der Waals surface area (Å²) in [6, 6.07) is 5.46. The Morgan fingerprint density at radius 1 is 1.34 bits per heavy atom. The first-order chi connectivity index (χ1) is 14.2. The molecule has 0 spiro atoms. The number of pyridine rings is 1. The molecule has 5 heterocycles. The lowest BCUT2D eigenvalue weighted by molar-refractivity contribution is 0.0729. The number of aromatic nitrogens is 6. The Morgan fingerprint density at radius 3 is 3.07 bits per heavy atom. The molecule has 9 nitrogen and oxygen atoms in total. The number of carbonyl (C=O) groups is 1. The molecule has 9 heteroatoms. The Labute approximate surface area is 166 Å². The molecular weight excluding hydrogens is 370 g/mol. The van der Waals surface area contributed by atoms with Crippen molar-refractivity contribution in [3.8, 4) is 11.4 Å². The fourth-order valence-electron chi connectivity index (χ4n) is 3.71. The molecule has 0 bridgehead atoms. The van der Waals surface area contributed by atoms with Crippen LogP contribution in [0.15, 0.2) is 47.5 Å². The van der Waals surface area contributed by atoms with Crippen LogP contribution in [0.25, 0.3) is 11.4 Å². The van der Waals surface area contributed by atoms with Crippen LogP contribution in [-0.2, 0) is 19.5 Å². The van der Waals surface area contributed by atoms with Crippen LogP contribution < -0.4 is 0 Å². The molecule has 0 saturated heterocycles. The van der Waals surface area contributed by atoms with Crippen molar-refractivity contribution in [3.05, 3.63) is 71.4 Å². The average molecular weight is 389 g/mol. The summed E-state index contributed by atoms with van der Waals surface area (Å²) < 4.78 is 7.16. The largest absolute Gasteiger partial charge is 0.357 e. The fourth-order valence-corrected chi connectivity index (χ4v) is 3.71. The van der Waals surface area contributed by atoms with Crippen molar-refractivity contribution < 1.29 is 9.32 Å². The minimum atomic E-state index is -0.0103. The van der Waals surface area contributed by atoms with Gasteiger partial charge in [-0.2, -0.15) is 10.1 Å². The summed E-state index contributed by atoms with van der Waals surface area (Å²) in [5.41, 5.74) is 4.47. The van der Waals surface area contributed by atoms with Gasteiger partial charge in [0.1, 0.15) is 12.2 Å². The number of nitrogens with one attached hydrogen (secondary N) is 1. The molecule has 1 aliphatic heterocycles. The fraction of sp³-hybridized carbons (Fsp3) is 0.250. The van der Waals surface area contributed by atoms with Crippen LogP contribution in [0.2, 0.25) is 0 Å². The van der Waals surface area contributed by atoms with E-state index in [1.165, 1.54) is 0 Å². The Hall–Kier alpha value is -3.75. The number of amides is 1. The highest BCUT2D eigenvalue weighted by molar-refractivity contribution is 5.92. The predicted molar refractivity (Wildman–Crippen MR) is 103 cm³/mol. The van der Waals surface area contributed by atoms with E-state index in [1.54, 1.807) is 23.1 Å². The van der Waals surface area contributed by atoms with E-state index < -0.39 is 0 Å². The third-order valence-electron chi connectivity index (χ3n) is 5.12. The number of H-pyrrole nitrogens is 1. The van der Waals surface area contributed by atoms with Crippen LogP contribution in [0.1, 0.15) is 33.2 Å². The molecule has 0 unspecified atom stereocenters. The van der Waals surface area contributed by atoms with Crippen molar-refractivity contribution in [1.82, 2.24) is 34.8 Å². The van der Waals surface area contributed by atoms with Gasteiger partial charge in [0.2, 0.25) is 11.7 Å². The van der Waals surface area contributed by atoms with Crippen molar-refractivity contribution in [3.63, 3.8) is 0 Å². The van der Waals surface area contributed by atoms with Crippen molar-refractivity contribution in [2.24, 2.45) is 0 Å². The molecule has 4 aromatic rings. The summed E-state index contributed by atoms with van der Waals surface area (Å²) in [6.07, 6.45) is 7.86. The van der Waals surface area contributed by atoms with E-state index in [9.17, 15) is 4.79 Å². The summed E-state index contributed by atoms with van der Waals surface area (Å²) in [4.78, 5) is 26.6. The standard InChI is InChI=1S/C20H19N7O2/c1-13-18(19-24-17(29-25-19)12-27-8-3-7-23-27)15-5-9-26(11-14(15)10-22-13)20(28)16-4-2-6-21-16/h2-4,6-8,10,21H,5,9,11-12H2,1H3. The van der Waals surface area contributed by atoms with Gasteiger partial charge in [0.05, 0.1) is 0 Å². The van der Waals surface area contributed by atoms with Crippen LogP contribution in [0.5, 0.6) is 0 Å². The van der Waals surface area contributed by atoms with E-state index in [-0.39, 0.29) is 5.91 Å². The lowest BCUT2D eigenvalue weighted by atomic mass is 9.94. The van der Waals surface area contributed by atoms with Gasteiger partial charge in [-0.3, -0.25) is 14.5 Å². The van der Waals surface area contributed by atoms with Gasteiger partial charge < -0.3 is 14.4 Å². The third-order valence-corrected chi connectivity index (χ3v) is 5.12. The normalized spacial score (nSPS) is 13.5. The quantitative estimate of drug-likeness (QED) is 0.574. The van der Waals surface area contributed by atoms with Crippen LogP contribution >= 0.6 is 0 Å². The third kappa shape index (κ3) is 3.20. The number of hydrogen-bond donors (Lipinski definition) is 1. The maximum atomic E-state index is 12.7. The van der Waals surface area contributed by atoms with Gasteiger partial charge in [-0.15, -0.1) is 0 Å². The maximum Gasteiger partial charge on any atom is 0.270 e. The number of aryl methyl sites for hydroxylation is 1. The minimum absolute atomic E-state index is 0.0103. The number of aromatic amines is 1. The molecule has 4 aromatic heterocycles. The number of nitrogens with zero attached hydrogens (tertiary/aromatic N) is 6. The van der Waals surface area contributed by atoms with Crippen molar-refractivity contribution >= 4 is 5.91 Å². The second kappa shape index (κ2) is 7.01. The number of hydrogen-bond acceptors (Lipinski definition) is 6. The molecule has 0 fully saturated rings. The number of fused-ring (bicyclic) bond motifs is 1. The second-order valence-electron chi connectivity index (χ2n) is 7.00. The summed E-state index contributed by atoms with van der Waals surface area (Å²) in [7, 11) is 0. The summed E-state index contributed by atoms with van der Waals surface area (Å²) >= 11 is 0. The molecule has 1 amide bonds. The summed E-state index contributed by atoms with van der Waals surface area (Å²) in [6.45, 7) is 3.49. The van der Waals surface area contributed by atoms with Gasteiger partial charge in [0.15, 0.2) is 0 Å². The van der Waals surface area contributed by atoms with E-state index in [2.05, 4.69) is 25.2 Å². The Balaban J connectivity index is 1.43. The molecule has 0 atom stereocenters. The highest BCUT2D eigenvalue weighted by Crippen LogP contribution is 2.31. The monoisotopic (exact) mass is 389 g/mol. The van der Waals surface area contributed by atoms with E-state index in [4.69, 9.17) is 4.52 Å². The van der Waals surface area contributed by atoms with Crippen molar-refractivity contribution in [1.29, 1.82) is 0 Å². The molecule has 5 rings (SSSR count). The lowest BCUT2D eigenvalue weighted by Crippen LogP contribution is -2.36. The van der Waals surface area contributed by atoms with Gasteiger partial charge in [0, 0.05) is 49.1 Å². The van der Waals surface area contributed by atoms with Gasteiger partial charge >= 0.3 is 0 Å². The average Bonchev–Trinajstić information content (AvgIpc) is 3.50. The maximum absolute atomic E-state index is 12.7. The molecule has 29 heavy (non-hydrogen) atoms. The van der Waals surface area contributed by atoms with Gasteiger partial charge in [-0.1, -0.05) is 5.16 Å². The highest BCUT2D eigenvalue weighted by atomic mass is 16.5. The molecule has 0 saturated carbocycles. The van der Waals surface area contributed by atoms with Crippen LogP contribution in [0, 0.1) is 6.92 Å². The summed E-state index contributed by atoms with van der Waals surface area (Å²) in [5.74, 6) is 1.00. The minimum Gasteiger partial charge on any atom is -0.357 e. The lowest BCUT2D eigenvalue weighted by Gasteiger charge is -2.29. The first-order valence-corrected chi connectivity index (χ1v) is 9.39. The van der Waals surface area contributed by atoms with Crippen molar-refractivity contribution in [2.45, 2.75) is 26.4 Å². The van der Waals surface area contributed by atoms with Gasteiger partial charge in [0.25, 0.3) is 5.91 Å². The molecule has 1 N–H and O–H groups in total. The highest BCUT2D eigenvalue weighted by Gasteiger charge is 2.27. The van der Waals surface area contributed by atoms with E-state index in [0.717, 1.165) is 22.4 Å². The second-order valence-corrected chi connectivity index (χ2v) is 7.00. The Morgan fingerprint density at radius 2 is 2.28 bits per heavy atom. The SMILES string of the molecule is Cc1ncc2c(c1-c1noc(Cn3cccn3)n1)CCN(C(=O)c1ccc[nH]1)C2. The molecular formula is C20H19N7O2. The van der Waals surface area contributed by atoms with E-state index in [0.29, 0.717) is 43.5 Å². The Kier molecular flexibility index (Phi) is 4.19. The molecule has 0 aliphatic carbocycles. The van der Waals surface area contributed by atoms with Crippen LogP contribution in [0.3, 0.4) is 0 Å². The zero-order valence-corrected chi connectivity index (χ0v) is 15.9. The van der Waals surface area contributed by atoms with E-state index in [1.807, 2.05) is 36.4 Å². The first kappa shape index (κ1) is 17.4. The molecule has 0 aromatic carbocycles. The van der Waals surface area contributed by atoms with Crippen LogP contribution in [-0.4, -0.2) is 47.2 Å². The first-order valence-electron chi connectivity index (χ1n) is 9.39. The molecule has 1 aliphatic rings. The number of rotatable bonds is 4. The Bertz CT molecular complexity index is 1150. The van der Waals surface area contributed by atoms with Gasteiger partial charge in [-0.05, 0) is 42.7 Å². The van der Waals surface area contributed by atoms with Gasteiger partial charge in [-0.25, -0.2) is 0 Å². The predicted octanol–water partition coefficient (Wildman–Crippen LogP) is 2.21. The van der Waals surface area contributed by atoms with Crippen molar-refractivity contribution in [2.75, 3.05) is 6.54 Å². The topological polar surface area (TPSA) is 106 Å². The zero-order valence-electron chi connectivity index (χ0n) is 15.9. The zero-order chi connectivity index (χ0) is 19.8.